The van der Waals surface area contributed by atoms with E-state index >= 15 is 0 Å². The van der Waals surface area contributed by atoms with Crippen LogP contribution in [-0.2, 0) is 11.3 Å². The van der Waals surface area contributed by atoms with Crippen molar-refractivity contribution in [1.82, 2.24) is 20.2 Å². The lowest BCUT2D eigenvalue weighted by Crippen LogP contribution is -2.55. The number of rotatable bonds is 7. The number of aryl methyl sites for hydroxylation is 1. The van der Waals surface area contributed by atoms with Crippen molar-refractivity contribution in [3.05, 3.63) is 53.0 Å². The highest BCUT2D eigenvalue weighted by Gasteiger charge is 2.42. The number of alkyl halides is 2. The van der Waals surface area contributed by atoms with Crippen molar-refractivity contribution in [3.8, 4) is 0 Å². The van der Waals surface area contributed by atoms with E-state index in [1.54, 1.807) is 19.1 Å². The number of pyridine rings is 2. The number of hydrogen-bond acceptors (Lipinski definition) is 6. The molecule has 2 aromatic heterocycles. The topological polar surface area (TPSA) is 125 Å². The number of likely N-dealkylation sites (tertiary alicyclic amines) is 1. The Labute approximate surface area is 189 Å². The summed E-state index contributed by atoms with van der Waals surface area (Å²) in [6, 6.07) is 5.50. The molecule has 1 saturated heterocycles. The number of anilines is 1. The number of nitrogens with one attached hydrogen (secondary N) is 2. The number of nitrogens with zero attached hydrogens (tertiary/aromatic N) is 3. The number of amides is 2. The lowest BCUT2D eigenvalue weighted by atomic mass is 9.98. The lowest BCUT2D eigenvalue weighted by molar-refractivity contribution is -0.119. The van der Waals surface area contributed by atoms with Gasteiger partial charge in [-0.25, -0.2) is 18.6 Å². The van der Waals surface area contributed by atoms with Crippen LogP contribution in [0.15, 0.2) is 30.5 Å². The Kier molecular flexibility index (Phi) is 7.19. The van der Waals surface area contributed by atoms with E-state index in [9.17, 15) is 23.2 Å². The molecule has 0 spiro atoms. The molecule has 3 rings (SSSR count). The molecule has 3 N–H and O–H groups in total. The van der Waals surface area contributed by atoms with Crippen LogP contribution in [0.2, 0.25) is 0 Å². The van der Waals surface area contributed by atoms with E-state index in [0.717, 1.165) is 4.90 Å². The minimum absolute atomic E-state index is 0.0257. The summed E-state index contributed by atoms with van der Waals surface area (Å²) in [7, 11) is 0. The minimum Gasteiger partial charge on any atom is -0.478 e. The first-order valence-corrected chi connectivity index (χ1v) is 10.4. The van der Waals surface area contributed by atoms with Gasteiger partial charge in [0.25, 0.3) is 11.8 Å². The number of carbonyl (C=O) groups excluding carboxylic acids is 2. The largest absolute Gasteiger partial charge is 0.478 e. The third-order valence-electron chi connectivity index (χ3n) is 5.35. The molecule has 9 nitrogen and oxygen atoms in total. The number of carboxylic acids is 1. The fourth-order valence-electron chi connectivity index (χ4n) is 3.57. The van der Waals surface area contributed by atoms with Gasteiger partial charge in [-0.3, -0.25) is 14.6 Å². The number of aromatic carboxylic acids is 1. The monoisotopic (exact) mass is 461 g/mol. The van der Waals surface area contributed by atoms with Crippen LogP contribution in [-0.4, -0.2) is 62.8 Å². The summed E-state index contributed by atoms with van der Waals surface area (Å²) in [6.07, 6.45) is 1.07. The smallest absolute Gasteiger partial charge is 0.335 e. The van der Waals surface area contributed by atoms with E-state index in [4.69, 9.17) is 5.11 Å². The van der Waals surface area contributed by atoms with Crippen molar-refractivity contribution < 1.29 is 28.3 Å². The van der Waals surface area contributed by atoms with E-state index in [2.05, 4.69) is 20.6 Å². The molecule has 1 atom stereocenters. The van der Waals surface area contributed by atoms with Gasteiger partial charge in [0.15, 0.2) is 0 Å². The van der Waals surface area contributed by atoms with Crippen LogP contribution in [0, 0.1) is 6.92 Å². The van der Waals surface area contributed by atoms with Crippen LogP contribution in [0.5, 0.6) is 0 Å². The van der Waals surface area contributed by atoms with E-state index in [1.165, 1.54) is 25.3 Å². The maximum atomic E-state index is 14.1. The van der Waals surface area contributed by atoms with Crippen LogP contribution in [0.4, 0.5) is 14.6 Å². The van der Waals surface area contributed by atoms with Gasteiger partial charge in [0.2, 0.25) is 5.91 Å². The highest BCUT2D eigenvalue weighted by molar-refractivity contribution is 5.94. The average molecular weight is 461 g/mol. The summed E-state index contributed by atoms with van der Waals surface area (Å²) in [5.74, 6) is -4.73. The van der Waals surface area contributed by atoms with Gasteiger partial charge in [-0.05, 0) is 37.1 Å². The summed E-state index contributed by atoms with van der Waals surface area (Å²) < 4.78 is 28.2. The molecule has 2 amide bonds. The number of carboxylic acid groups (broad SMARTS) is 1. The fraction of sp³-hybridized carbons (Fsp3) is 0.409. The van der Waals surface area contributed by atoms with Crippen molar-refractivity contribution in [1.29, 1.82) is 0 Å². The van der Waals surface area contributed by atoms with E-state index in [1.807, 2.05) is 0 Å². The van der Waals surface area contributed by atoms with Gasteiger partial charge < -0.3 is 20.6 Å². The van der Waals surface area contributed by atoms with Crippen molar-refractivity contribution in [2.75, 3.05) is 18.4 Å². The fourth-order valence-corrected chi connectivity index (χ4v) is 3.57. The Hall–Kier alpha value is -3.63. The SMILES string of the molecule is CC(=O)NC[C@H]1CCC(F)(F)CN1C(=O)c1nc(NCc2cc(C(=O)O)ccn2)ccc1C. The number of halogens is 2. The highest BCUT2D eigenvalue weighted by atomic mass is 19.3. The number of piperidine rings is 1. The minimum atomic E-state index is -3.02. The van der Waals surface area contributed by atoms with Crippen LogP contribution >= 0.6 is 0 Å². The molecule has 1 aliphatic heterocycles. The third kappa shape index (κ3) is 6.21. The van der Waals surface area contributed by atoms with Crippen molar-refractivity contribution >= 4 is 23.6 Å². The van der Waals surface area contributed by atoms with Crippen molar-refractivity contribution in [3.63, 3.8) is 0 Å². The summed E-state index contributed by atoms with van der Waals surface area (Å²) in [5.41, 5.74) is 1.09. The Morgan fingerprint density at radius 2 is 2.03 bits per heavy atom. The molecule has 0 bridgehead atoms. The van der Waals surface area contributed by atoms with Gasteiger partial charge >= 0.3 is 5.97 Å². The molecule has 3 heterocycles. The zero-order chi connectivity index (χ0) is 24.2. The summed E-state index contributed by atoms with van der Waals surface area (Å²) in [5, 5.41) is 14.7. The first-order valence-electron chi connectivity index (χ1n) is 10.4. The van der Waals surface area contributed by atoms with Crippen LogP contribution in [0.3, 0.4) is 0 Å². The van der Waals surface area contributed by atoms with Gasteiger partial charge in [0.1, 0.15) is 11.5 Å². The molecule has 1 fully saturated rings. The Morgan fingerprint density at radius 1 is 1.27 bits per heavy atom. The van der Waals surface area contributed by atoms with Gasteiger partial charge in [-0.2, -0.15) is 0 Å². The molecule has 0 unspecified atom stereocenters. The van der Waals surface area contributed by atoms with E-state index < -0.39 is 30.4 Å². The maximum absolute atomic E-state index is 14.1. The second-order valence-corrected chi connectivity index (χ2v) is 7.98. The maximum Gasteiger partial charge on any atom is 0.335 e. The van der Waals surface area contributed by atoms with Crippen molar-refractivity contribution in [2.45, 2.75) is 45.2 Å². The molecule has 0 saturated carbocycles. The Bertz CT molecular complexity index is 1060. The molecule has 1 aliphatic rings. The molecule has 2 aromatic rings. The molecule has 11 heteroatoms. The first-order chi connectivity index (χ1) is 15.6. The first kappa shape index (κ1) is 24.0. The van der Waals surface area contributed by atoms with Crippen LogP contribution < -0.4 is 10.6 Å². The van der Waals surface area contributed by atoms with E-state index in [0.29, 0.717) is 17.1 Å². The van der Waals surface area contributed by atoms with Crippen LogP contribution in [0.25, 0.3) is 0 Å². The standard InChI is InChI=1S/C22H25F2N5O4/c1-13-3-4-18(27-10-16-9-15(21(32)33)6-8-25-16)28-19(13)20(31)29-12-22(23,24)7-5-17(29)11-26-14(2)30/h3-4,6,8-9,17H,5,7,10-12H2,1-2H3,(H,26,30)(H,27,28)(H,32,33)/t17-/m1/s1. The quantitative estimate of drug-likeness (QED) is 0.579. The molecule has 0 radical (unpaired) electrons. The van der Waals surface area contributed by atoms with Gasteiger partial charge in [0.05, 0.1) is 24.3 Å². The molecule has 176 valence electrons. The Balaban J connectivity index is 1.79. The number of hydrogen-bond donors (Lipinski definition) is 3. The predicted octanol–water partition coefficient (Wildman–Crippen LogP) is 2.47. The third-order valence-corrected chi connectivity index (χ3v) is 5.35. The molecular formula is C22H25F2N5O4. The van der Waals surface area contributed by atoms with Gasteiger partial charge in [-0.1, -0.05) is 6.07 Å². The summed E-state index contributed by atoms with van der Waals surface area (Å²) >= 11 is 0. The molecule has 0 aromatic carbocycles. The Morgan fingerprint density at radius 3 is 2.73 bits per heavy atom. The van der Waals surface area contributed by atoms with Crippen LogP contribution in [0.1, 0.15) is 51.9 Å². The summed E-state index contributed by atoms with van der Waals surface area (Å²) in [4.78, 5) is 45.1. The van der Waals surface area contributed by atoms with Gasteiger partial charge in [0, 0.05) is 32.1 Å². The predicted molar refractivity (Wildman–Crippen MR) is 115 cm³/mol. The molecule has 33 heavy (non-hydrogen) atoms. The normalized spacial score (nSPS) is 17.3. The molecule has 0 aliphatic carbocycles. The second-order valence-electron chi connectivity index (χ2n) is 7.98. The van der Waals surface area contributed by atoms with Crippen molar-refractivity contribution in [2.24, 2.45) is 0 Å². The lowest BCUT2D eigenvalue weighted by Gasteiger charge is -2.39. The number of carbonyl (C=O) groups is 3. The van der Waals surface area contributed by atoms with Gasteiger partial charge in [-0.15, -0.1) is 0 Å². The zero-order valence-corrected chi connectivity index (χ0v) is 18.3. The number of aromatic nitrogens is 2. The summed E-state index contributed by atoms with van der Waals surface area (Å²) in [6.45, 7) is 2.47. The second kappa shape index (κ2) is 9.88. The average Bonchev–Trinajstić information content (AvgIpc) is 2.77. The zero-order valence-electron chi connectivity index (χ0n) is 18.3. The highest BCUT2D eigenvalue weighted by Crippen LogP contribution is 2.31. The molecular weight excluding hydrogens is 436 g/mol. The van der Waals surface area contributed by atoms with E-state index in [-0.39, 0.29) is 43.1 Å².